The Morgan fingerprint density at radius 3 is 2.10 bits per heavy atom. The molecule has 0 saturated carbocycles. The second kappa shape index (κ2) is 7.37. The van der Waals surface area contributed by atoms with E-state index in [0.29, 0.717) is 10.8 Å². The van der Waals surface area contributed by atoms with Crippen molar-refractivity contribution in [2.24, 2.45) is 0 Å². The number of aromatic carboxylic acids is 2. The molecule has 0 aliphatic heterocycles. The van der Waals surface area contributed by atoms with Crippen molar-refractivity contribution in [1.82, 2.24) is 0 Å². The number of hydrogen-bond acceptors (Lipinski definition) is 4. The number of carboxylic acid groups (broad SMARTS) is 2. The van der Waals surface area contributed by atoms with Crippen LogP contribution in [0.25, 0.3) is 10.8 Å². The number of fused-ring (bicyclic) bond motifs is 1. The minimum atomic E-state index is -1.23. The summed E-state index contributed by atoms with van der Waals surface area (Å²) in [5, 5.41) is 35.1. The Morgan fingerprint density at radius 1 is 1.05 bits per heavy atom. The fraction of sp³-hybridized carbons (Fsp3) is 0.200. The van der Waals surface area contributed by atoms with E-state index in [1.54, 1.807) is 30.3 Å². The summed E-state index contributed by atoms with van der Waals surface area (Å²) >= 11 is 0. The first-order valence-electron chi connectivity index (χ1n) is 6.15. The molecular formula is C15H16O6. The van der Waals surface area contributed by atoms with E-state index in [4.69, 9.17) is 20.4 Å². The van der Waals surface area contributed by atoms with Gasteiger partial charge in [-0.25, -0.2) is 9.59 Å². The van der Waals surface area contributed by atoms with Crippen LogP contribution in [0.5, 0.6) is 0 Å². The van der Waals surface area contributed by atoms with Crippen LogP contribution in [0.2, 0.25) is 0 Å². The number of aliphatic hydroxyl groups is 2. The Bertz CT molecular complexity index is 648. The van der Waals surface area contributed by atoms with Gasteiger partial charge in [0.2, 0.25) is 0 Å². The van der Waals surface area contributed by atoms with Crippen LogP contribution in [0.1, 0.15) is 27.6 Å². The van der Waals surface area contributed by atoms with E-state index in [0.717, 1.165) is 0 Å². The lowest BCUT2D eigenvalue weighted by molar-refractivity contribution is 0.0653. The van der Waals surface area contributed by atoms with E-state index >= 15 is 0 Å². The Kier molecular flexibility index (Phi) is 5.83. The van der Waals surface area contributed by atoms with Crippen LogP contribution < -0.4 is 0 Å². The maximum Gasteiger partial charge on any atom is 0.337 e. The first kappa shape index (κ1) is 16.6. The smallest absolute Gasteiger partial charge is 0.337 e. The molecule has 21 heavy (non-hydrogen) atoms. The van der Waals surface area contributed by atoms with Gasteiger partial charge in [0.1, 0.15) is 0 Å². The average Bonchev–Trinajstić information content (AvgIpc) is 2.46. The van der Waals surface area contributed by atoms with Crippen molar-refractivity contribution in [1.29, 1.82) is 0 Å². The van der Waals surface area contributed by atoms with Crippen molar-refractivity contribution in [3.8, 4) is 0 Å². The number of rotatable bonds is 3. The van der Waals surface area contributed by atoms with Gasteiger partial charge < -0.3 is 20.4 Å². The standard InChI is InChI=1S/C12H8O4.C3H8O2/c13-11(14)9-6-5-7-3-1-2-4-8(7)10(9)12(15)16;1-3(5)2-4/h1-6H,(H,13,14)(H,15,16);3-5H,2H2,1H3. The Labute approximate surface area is 120 Å². The summed E-state index contributed by atoms with van der Waals surface area (Å²) in [6, 6.07) is 9.72. The topological polar surface area (TPSA) is 115 Å². The third-order valence-electron chi connectivity index (χ3n) is 2.64. The number of hydrogen-bond donors (Lipinski definition) is 4. The summed E-state index contributed by atoms with van der Waals surface area (Å²) in [4.78, 5) is 22.0. The lowest BCUT2D eigenvalue weighted by atomic mass is 9.99. The van der Waals surface area contributed by atoms with Crippen LogP contribution in [0, 0.1) is 0 Å². The predicted octanol–water partition coefficient (Wildman–Crippen LogP) is 1.60. The van der Waals surface area contributed by atoms with Gasteiger partial charge in [0.15, 0.2) is 0 Å². The summed E-state index contributed by atoms with van der Waals surface area (Å²) in [6.07, 6.45) is -0.560. The zero-order valence-corrected chi connectivity index (χ0v) is 11.4. The molecule has 6 nitrogen and oxygen atoms in total. The second-order valence-electron chi connectivity index (χ2n) is 4.35. The highest BCUT2D eigenvalue weighted by Crippen LogP contribution is 2.22. The summed E-state index contributed by atoms with van der Waals surface area (Å²) in [5.41, 5.74) is -0.350. The van der Waals surface area contributed by atoms with Gasteiger partial charge >= 0.3 is 11.9 Å². The summed E-state index contributed by atoms with van der Waals surface area (Å²) < 4.78 is 0. The minimum Gasteiger partial charge on any atom is -0.478 e. The maximum absolute atomic E-state index is 11.1. The largest absolute Gasteiger partial charge is 0.478 e. The number of aliphatic hydroxyl groups excluding tert-OH is 2. The van der Waals surface area contributed by atoms with Crippen molar-refractivity contribution in [3.63, 3.8) is 0 Å². The Balaban J connectivity index is 0.000000383. The molecule has 0 spiro atoms. The van der Waals surface area contributed by atoms with Gasteiger partial charge in [0.05, 0.1) is 23.8 Å². The molecule has 2 aromatic carbocycles. The van der Waals surface area contributed by atoms with Crippen LogP contribution in [0.4, 0.5) is 0 Å². The molecule has 0 heterocycles. The Morgan fingerprint density at radius 2 is 1.62 bits per heavy atom. The molecule has 0 radical (unpaired) electrons. The zero-order valence-electron chi connectivity index (χ0n) is 11.4. The van der Waals surface area contributed by atoms with Gasteiger partial charge in [0, 0.05) is 0 Å². The maximum atomic E-state index is 11.1. The van der Waals surface area contributed by atoms with Gasteiger partial charge in [-0.05, 0) is 23.8 Å². The molecule has 0 bridgehead atoms. The number of benzene rings is 2. The lowest BCUT2D eigenvalue weighted by Crippen LogP contribution is -2.08. The zero-order chi connectivity index (χ0) is 16.0. The van der Waals surface area contributed by atoms with Crippen molar-refractivity contribution in [2.75, 3.05) is 6.61 Å². The SMILES string of the molecule is CC(O)CO.O=C(O)c1ccc2ccccc2c1C(=O)O. The van der Waals surface area contributed by atoms with Crippen LogP contribution >= 0.6 is 0 Å². The van der Waals surface area contributed by atoms with Crippen molar-refractivity contribution in [2.45, 2.75) is 13.0 Å². The van der Waals surface area contributed by atoms with Gasteiger partial charge in [-0.15, -0.1) is 0 Å². The first-order chi connectivity index (χ1) is 9.88. The molecule has 2 rings (SSSR count). The Hall–Kier alpha value is -2.44. The van der Waals surface area contributed by atoms with Gasteiger partial charge in [-0.3, -0.25) is 0 Å². The molecule has 0 aliphatic rings. The third-order valence-corrected chi connectivity index (χ3v) is 2.64. The summed E-state index contributed by atoms with van der Waals surface area (Å²) in [7, 11) is 0. The molecular weight excluding hydrogens is 276 g/mol. The van der Waals surface area contributed by atoms with Crippen molar-refractivity contribution in [3.05, 3.63) is 47.5 Å². The minimum absolute atomic E-state index is 0.139. The fourth-order valence-corrected chi connectivity index (χ4v) is 1.68. The predicted molar refractivity (Wildman–Crippen MR) is 76.6 cm³/mol. The highest BCUT2D eigenvalue weighted by atomic mass is 16.4. The van der Waals surface area contributed by atoms with Crippen LogP contribution in [0.15, 0.2) is 36.4 Å². The van der Waals surface area contributed by atoms with Gasteiger partial charge in [-0.2, -0.15) is 0 Å². The average molecular weight is 292 g/mol. The molecule has 0 saturated heterocycles. The van der Waals surface area contributed by atoms with E-state index in [9.17, 15) is 9.59 Å². The molecule has 0 aromatic heterocycles. The molecule has 6 heteroatoms. The number of carbonyl (C=O) groups is 2. The second-order valence-corrected chi connectivity index (χ2v) is 4.35. The van der Waals surface area contributed by atoms with Crippen molar-refractivity contribution < 1.29 is 30.0 Å². The fourth-order valence-electron chi connectivity index (χ4n) is 1.68. The van der Waals surface area contributed by atoms with Crippen LogP contribution in [0.3, 0.4) is 0 Å². The highest BCUT2D eigenvalue weighted by Gasteiger charge is 2.18. The quantitative estimate of drug-likeness (QED) is 0.683. The van der Waals surface area contributed by atoms with E-state index < -0.39 is 18.0 Å². The van der Waals surface area contributed by atoms with Gasteiger partial charge in [0.25, 0.3) is 0 Å². The van der Waals surface area contributed by atoms with Gasteiger partial charge in [-0.1, -0.05) is 30.3 Å². The lowest BCUT2D eigenvalue weighted by Gasteiger charge is -2.05. The summed E-state index contributed by atoms with van der Waals surface area (Å²) in [6.45, 7) is 1.39. The molecule has 0 fully saturated rings. The number of carboxylic acids is 2. The molecule has 112 valence electrons. The molecule has 1 atom stereocenters. The molecule has 1 unspecified atom stereocenters. The van der Waals surface area contributed by atoms with Crippen LogP contribution in [-0.2, 0) is 0 Å². The third kappa shape index (κ3) is 4.27. The van der Waals surface area contributed by atoms with E-state index in [1.807, 2.05) is 0 Å². The van der Waals surface area contributed by atoms with E-state index in [1.165, 1.54) is 13.0 Å². The normalized spacial score (nSPS) is 11.4. The molecule has 0 aliphatic carbocycles. The van der Waals surface area contributed by atoms with E-state index in [2.05, 4.69) is 0 Å². The van der Waals surface area contributed by atoms with Crippen LogP contribution in [-0.4, -0.2) is 45.1 Å². The highest BCUT2D eigenvalue weighted by molar-refractivity contribution is 6.11. The molecule has 2 aromatic rings. The molecule has 0 amide bonds. The monoisotopic (exact) mass is 292 g/mol. The summed E-state index contributed by atoms with van der Waals surface area (Å²) in [5.74, 6) is -2.46. The van der Waals surface area contributed by atoms with E-state index in [-0.39, 0.29) is 17.7 Å². The molecule has 4 N–H and O–H groups in total. The first-order valence-corrected chi connectivity index (χ1v) is 6.15. The van der Waals surface area contributed by atoms with Crippen molar-refractivity contribution >= 4 is 22.7 Å².